The Labute approximate surface area is 126 Å². The Kier molecular flexibility index (Phi) is 5.34. The van der Waals surface area contributed by atoms with Gasteiger partial charge in [0.15, 0.2) is 0 Å². The van der Waals surface area contributed by atoms with Gasteiger partial charge in [0.1, 0.15) is 5.82 Å². The molecule has 0 N–H and O–H groups in total. The fourth-order valence-electron chi connectivity index (χ4n) is 3.05. The lowest BCUT2D eigenvalue weighted by molar-refractivity contribution is -0.138. The number of piperazine rings is 1. The van der Waals surface area contributed by atoms with Gasteiger partial charge in [0.2, 0.25) is 5.91 Å². The van der Waals surface area contributed by atoms with Gasteiger partial charge in [-0.3, -0.25) is 9.69 Å². The van der Waals surface area contributed by atoms with Gasteiger partial charge in [-0.05, 0) is 26.0 Å². The Morgan fingerprint density at radius 3 is 2.57 bits per heavy atom. The van der Waals surface area contributed by atoms with Crippen LogP contribution in [0.1, 0.15) is 38.3 Å². The van der Waals surface area contributed by atoms with Gasteiger partial charge in [0, 0.05) is 31.1 Å². The van der Waals surface area contributed by atoms with Crippen LogP contribution in [0.4, 0.5) is 4.39 Å². The third-order valence-electron chi connectivity index (χ3n) is 4.56. The van der Waals surface area contributed by atoms with E-state index < -0.39 is 0 Å². The van der Waals surface area contributed by atoms with Crippen molar-refractivity contribution < 1.29 is 9.18 Å². The summed E-state index contributed by atoms with van der Waals surface area (Å²) in [6, 6.07) is 6.81. The molecule has 0 aliphatic carbocycles. The normalized spacial score (nSPS) is 20.0. The van der Waals surface area contributed by atoms with E-state index >= 15 is 0 Å². The Hall–Kier alpha value is -1.42. The number of carbonyl (C=O) groups is 1. The van der Waals surface area contributed by atoms with Gasteiger partial charge in [-0.25, -0.2) is 4.39 Å². The van der Waals surface area contributed by atoms with Crippen molar-refractivity contribution in [3.8, 4) is 0 Å². The number of benzene rings is 1. The van der Waals surface area contributed by atoms with Crippen molar-refractivity contribution in [2.45, 2.75) is 32.7 Å². The molecule has 0 bridgehead atoms. The van der Waals surface area contributed by atoms with Gasteiger partial charge in [-0.2, -0.15) is 0 Å². The van der Waals surface area contributed by atoms with Gasteiger partial charge in [-0.15, -0.1) is 0 Å². The molecule has 21 heavy (non-hydrogen) atoms. The number of nitrogens with zero attached hydrogens (tertiary/aromatic N) is 2. The second kappa shape index (κ2) is 7.03. The summed E-state index contributed by atoms with van der Waals surface area (Å²) in [5, 5.41) is 0. The van der Waals surface area contributed by atoms with Crippen molar-refractivity contribution >= 4 is 5.91 Å². The second-order valence-electron chi connectivity index (χ2n) is 5.82. The van der Waals surface area contributed by atoms with Crippen LogP contribution in [0.2, 0.25) is 0 Å². The average Bonchev–Trinajstić information content (AvgIpc) is 2.49. The van der Waals surface area contributed by atoms with Crippen LogP contribution in [-0.4, -0.2) is 42.4 Å². The van der Waals surface area contributed by atoms with Crippen molar-refractivity contribution in [2.75, 3.05) is 26.7 Å². The van der Waals surface area contributed by atoms with Gasteiger partial charge in [-0.1, -0.05) is 32.0 Å². The molecular weight excluding hydrogens is 267 g/mol. The average molecular weight is 292 g/mol. The summed E-state index contributed by atoms with van der Waals surface area (Å²) >= 11 is 0. The summed E-state index contributed by atoms with van der Waals surface area (Å²) in [4.78, 5) is 16.6. The lowest BCUT2D eigenvalue weighted by Crippen LogP contribution is -2.50. The molecule has 116 valence electrons. The number of amides is 1. The first kappa shape index (κ1) is 16.0. The number of hydrogen-bond acceptors (Lipinski definition) is 2. The van der Waals surface area contributed by atoms with Crippen LogP contribution >= 0.6 is 0 Å². The lowest BCUT2D eigenvalue weighted by Gasteiger charge is -2.40. The van der Waals surface area contributed by atoms with Crippen LogP contribution in [0.5, 0.6) is 0 Å². The van der Waals surface area contributed by atoms with E-state index in [9.17, 15) is 9.18 Å². The number of rotatable bonds is 4. The molecule has 1 saturated heterocycles. The maximum absolute atomic E-state index is 14.0. The number of likely N-dealkylation sites (N-methyl/N-ethyl adjacent to an activating group) is 1. The van der Waals surface area contributed by atoms with E-state index in [0.717, 1.165) is 25.9 Å². The zero-order valence-corrected chi connectivity index (χ0v) is 13.2. The summed E-state index contributed by atoms with van der Waals surface area (Å²) in [5.74, 6) is 0.121. The molecule has 1 aromatic carbocycles. The van der Waals surface area contributed by atoms with E-state index in [4.69, 9.17) is 0 Å². The van der Waals surface area contributed by atoms with E-state index in [2.05, 4.69) is 18.7 Å². The highest BCUT2D eigenvalue weighted by Crippen LogP contribution is 2.27. The van der Waals surface area contributed by atoms with Gasteiger partial charge in [0.25, 0.3) is 0 Å². The molecule has 1 aliphatic rings. The minimum absolute atomic E-state index is 0.0572. The third kappa shape index (κ3) is 3.43. The first-order valence-corrected chi connectivity index (χ1v) is 7.81. The van der Waals surface area contributed by atoms with Crippen molar-refractivity contribution in [3.63, 3.8) is 0 Å². The zero-order valence-electron chi connectivity index (χ0n) is 13.2. The molecule has 0 radical (unpaired) electrons. The quantitative estimate of drug-likeness (QED) is 0.851. The number of halogens is 1. The van der Waals surface area contributed by atoms with Crippen molar-refractivity contribution in [1.29, 1.82) is 0 Å². The highest BCUT2D eigenvalue weighted by Gasteiger charge is 2.31. The molecule has 1 aliphatic heterocycles. The van der Waals surface area contributed by atoms with Crippen LogP contribution in [0.3, 0.4) is 0 Å². The molecule has 4 heteroatoms. The molecule has 1 aromatic rings. The van der Waals surface area contributed by atoms with Crippen LogP contribution in [0.15, 0.2) is 24.3 Å². The maximum Gasteiger partial charge on any atom is 0.225 e. The van der Waals surface area contributed by atoms with Crippen molar-refractivity contribution in [1.82, 2.24) is 9.80 Å². The Morgan fingerprint density at radius 1 is 1.29 bits per heavy atom. The van der Waals surface area contributed by atoms with Crippen LogP contribution < -0.4 is 0 Å². The van der Waals surface area contributed by atoms with Crippen LogP contribution in [0, 0.1) is 11.7 Å². The predicted molar refractivity (Wildman–Crippen MR) is 82.4 cm³/mol. The van der Waals surface area contributed by atoms with E-state index in [-0.39, 0.29) is 23.7 Å². The molecule has 0 aromatic heterocycles. The van der Waals surface area contributed by atoms with Crippen molar-refractivity contribution in [2.24, 2.45) is 5.92 Å². The first-order chi connectivity index (χ1) is 10.1. The smallest absolute Gasteiger partial charge is 0.225 e. The molecule has 1 amide bonds. The topological polar surface area (TPSA) is 23.6 Å². The number of carbonyl (C=O) groups excluding carboxylic acids is 1. The highest BCUT2D eigenvalue weighted by atomic mass is 19.1. The Bertz CT molecular complexity index is 487. The summed E-state index contributed by atoms with van der Waals surface area (Å²) in [6.07, 6.45) is 1.73. The molecule has 0 spiro atoms. The molecule has 1 unspecified atom stereocenters. The Morgan fingerprint density at radius 2 is 1.95 bits per heavy atom. The van der Waals surface area contributed by atoms with Crippen LogP contribution in [-0.2, 0) is 4.79 Å². The largest absolute Gasteiger partial charge is 0.339 e. The second-order valence-corrected chi connectivity index (χ2v) is 5.82. The standard InChI is InChI=1S/C17H25FN2O/c1-4-13(5-2)17(21)20-11-10-19(3)16(12-20)14-8-6-7-9-15(14)18/h6-9,13,16H,4-5,10-12H2,1-3H3. The summed E-state index contributed by atoms with van der Waals surface area (Å²) in [5.41, 5.74) is 0.682. The van der Waals surface area contributed by atoms with Crippen molar-refractivity contribution in [3.05, 3.63) is 35.6 Å². The van der Waals surface area contributed by atoms with E-state index in [0.29, 0.717) is 12.1 Å². The third-order valence-corrected chi connectivity index (χ3v) is 4.56. The minimum atomic E-state index is -0.189. The fraction of sp³-hybridized carbons (Fsp3) is 0.588. The lowest BCUT2D eigenvalue weighted by atomic mass is 9.98. The molecule has 2 rings (SSSR count). The summed E-state index contributed by atoms with van der Waals surface area (Å²) < 4.78 is 14.0. The monoisotopic (exact) mass is 292 g/mol. The molecule has 1 fully saturated rings. The maximum atomic E-state index is 14.0. The minimum Gasteiger partial charge on any atom is -0.339 e. The van der Waals surface area contributed by atoms with E-state index in [1.807, 2.05) is 24.1 Å². The fourth-order valence-corrected chi connectivity index (χ4v) is 3.05. The highest BCUT2D eigenvalue weighted by molar-refractivity contribution is 5.79. The van der Waals surface area contributed by atoms with E-state index in [1.165, 1.54) is 6.07 Å². The summed E-state index contributed by atoms with van der Waals surface area (Å²) in [6.45, 7) is 6.20. The molecular formula is C17H25FN2O. The molecule has 1 atom stereocenters. The van der Waals surface area contributed by atoms with Gasteiger partial charge < -0.3 is 4.90 Å². The molecule has 3 nitrogen and oxygen atoms in total. The molecule has 0 saturated carbocycles. The predicted octanol–water partition coefficient (Wildman–Crippen LogP) is 3.08. The number of hydrogen-bond donors (Lipinski definition) is 0. The Balaban J connectivity index is 2.16. The van der Waals surface area contributed by atoms with E-state index in [1.54, 1.807) is 6.07 Å². The first-order valence-electron chi connectivity index (χ1n) is 7.81. The van der Waals surface area contributed by atoms with Gasteiger partial charge >= 0.3 is 0 Å². The molecule has 1 heterocycles. The SMILES string of the molecule is CCC(CC)C(=O)N1CCN(C)C(c2ccccc2F)C1. The van der Waals surface area contributed by atoms with Crippen LogP contribution in [0.25, 0.3) is 0 Å². The zero-order chi connectivity index (χ0) is 15.4. The summed E-state index contributed by atoms with van der Waals surface area (Å²) in [7, 11) is 2.00. The van der Waals surface area contributed by atoms with Gasteiger partial charge in [0.05, 0.1) is 6.04 Å².